The maximum Gasteiger partial charge on any atom is 0.345 e. The first-order valence-corrected chi connectivity index (χ1v) is 4.29. The van der Waals surface area contributed by atoms with E-state index in [1.807, 2.05) is 0 Å². The fourth-order valence-electron chi connectivity index (χ4n) is 0.313. The van der Waals surface area contributed by atoms with Crippen LogP contribution in [0, 0.1) is 0 Å². The van der Waals surface area contributed by atoms with Crippen molar-refractivity contribution in [1.82, 2.24) is 0 Å². The molecule has 0 radical (unpaired) electrons. The lowest BCUT2D eigenvalue weighted by molar-refractivity contribution is -0.128. The standard InChI is InChI=1S/C5H8O5S/c1-2-5(7)10-11(8,9)4-3-6/h2,6H,1,3-4H2. The Kier molecular flexibility index (Phi) is 3.77. The molecule has 0 aliphatic carbocycles. The van der Waals surface area contributed by atoms with E-state index in [4.69, 9.17) is 5.11 Å². The van der Waals surface area contributed by atoms with Crippen molar-refractivity contribution in [3.63, 3.8) is 0 Å². The summed E-state index contributed by atoms with van der Waals surface area (Å²) < 4.78 is 25.0. The van der Waals surface area contributed by atoms with Gasteiger partial charge in [-0.1, -0.05) is 6.58 Å². The van der Waals surface area contributed by atoms with E-state index in [9.17, 15) is 13.2 Å². The highest BCUT2D eigenvalue weighted by molar-refractivity contribution is 7.87. The maximum absolute atomic E-state index is 10.5. The van der Waals surface area contributed by atoms with Crippen LogP contribution in [0.5, 0.6) is 0 Å². The molecular formula is C5H8O5S. The van der Waals surface area contributed by atoms with Crippen molar-refractivity contribution >= 4 is 16.1 Å². The minimum absolute atomic E-state index is 0.577. The molecule has 0 spiro atoms. The molecule has 0 atom stereocenters. The lowest BCUT2D eigenvalue weighted by atomic mass is 10.7. The predicted octanol–water partition coefficient (Wildman–Crippen LogP) is -0.962. The molecule has 6 heteroatoms. The van der Waals surface area contributed by atoms with Gasteiger partial charge in [0.1, 0.15) is 5.75 Å². The second-order valence-electron chi connectivity index (χ2n) is 1.59. The van der Waals surface area contributed by atoms with Crippen molar-refractivity contribution in [2.75, 3.05) is 12.4 Å². The fourth-order valence-corrected chi connectivity index (χ4v) is 0.938. The molecule has 5 nitrogen and oxygen atoms in total. The predicted molar refractivity (Wildman–Crippen MR) is 37.2 cm³/mol. The van der Waals surface area contributed by atoms with Gasteiger partial charge in [0, 0.05) is 6.08 Å². The molecule has 0 aliphatic rings. The Bertz CT molecular complexity index is 240. The van der Waals surface area contributed by atoms with Gasteiger partial charge in [0.15, 0.2) is 0 Å². The van der Waals surface area contributed by atoms with Gasteiger partial charge in [0.25, 0.3) is 0 Å². The van der Waals surface area contributed by atoms with Crippen LogP contribution in [0.25, 0.3) is 0 Å². The summed E-state index contributed by atoms with van der Waals surface area (Å²) in [6.07, 6.45) is 0.731. The fraction of sp³-hybridized carbons (Fsp3) is 0.400. The van der Waals surface area contributed by atoms with Crippen LogP contribution in [0.15, 0.2) is 12.7 Å². The zero-order chi connectivity index (χ0) is 8.91. The molecular weight excluding hydrogens is 172 g/mol. The molecule has 0 aromatic carbocycles. The summed E-state index contributed by atoms with van der Waals surface area (Å²) in [6.45, 7) is 2.43. The average Bonchev–Trinajstić information content (AvgIpc) is 1.86. The highest BCUT2D eigenvalue weighted by Crippen LogP contribution is 1.93. The van der Waals surface area contributed by atoms with Gasteiger partial charge < -0.3 is 9.29 Å². The van der Waals surface area contributed by atoms with Gasteiger partial charge in [-0.2, -0.15) is 8.42 Å². The molecule has 0 amide bonds. The van der Waals surface area contributed by atoms with Crippen molar-refractivity contribution in [3.8, 4) is 0 Å². The maximum atomic E-state index is 10.5. The van der Waals surface area contributed by atoms with Crippen molar-refractivity contribution < 1.29 is 22.5 Å². The first-order valence-electron chi connectivity index (χ1n) is 2.71. The number of rotatable bonds is 4. The third-order valence-corrected chi connectivity index (χ3v) is 1.82. The number of carbonyl (C=O) groups is 1. The van der Waals surface area contributed by atoms with E-state index < -0.39 is 28.4 Å². The number of aliphatic hydroxyl groups is 1. The number of aliphatic hydroxyl groups excluding tert-OH is 1. The van der Waals surface area contributed by atoms with Crippen molar-refractivity contribution in [1.29, 1.82) is 0 Å². The van der Waals surface area contributed by atoms with E-state index in [1.165, 1.54) is 0 Å². The van der Waals surface area contributed by atoms with Crippen molar-refractivity contribution in [2.24, 2.45) is 0 Å². The molecule has 1 N–H and O–H groups in total. The second-order valence-corrected chi connectivity index (χ2v) is 3.28. The number of carbonyl (C=O) groups excluding carboxylic acids is 1. The van der Waals surface area contributed by atoms with E-state index >= 15 is 0 Å². The molecule has 0 unspecified atom stereocenters. The summed E-state index contributed by atoms with van der Waals surface area (Å²) in [6, 6.07) is 0. The van der Waals surface area contributed by atoms with E-state index in [-0.39, 0.29) is 0 Å². The Morgan fingerprint density at radius 3 is 2.55 bits per heavy atom. The Morgan fingerprint density at radius 1 is 1.64 bits per heavy atom. The summed E-state index contributed by atoms with van der Waals surface area (Å²) in [5.74, 6) is -1.63. The van der Waals surface area contributed by atoms with Gasteiger partial charge in [-0.3, -0.25) is 0 Å². The zero-order valence-electron chi connectivity index (χ0n) is 5.69. The molecule has 0 heterocycles. The molecule has 64 valence electrons. The average molecular weight is 180 g/mol. The van der Waals surface area contributed by atoms with Gasteiger partial charge in [-0.15, -0.1) is 0 Å². The molecule has 0 saturated carbocycles. The quantitative estimate of drug-likeness (QED) is 0.445. The lowest BCUT2D eigenvalue weighted by Crippen LogP contribution is -2.16. The Morgan fingerprint density at radius 2 is 2.18 bits per heavy atom. The third kappa shape index (κ3) is 4.51. The molecule has 0 aromatic heterocycles. The SMILES string of the molecule is C=CC(=O)OS(=O)(=O)CCO. The van der Waals surface area contributed by atoms with Crippen LogP contribution in [-0.4, -0.2) is 31.9 Å². The van der Waals surface area contributed by atoms with Crippen LogP contribution in [-0.2, 0) is 19.1 Å². The minimum Gasteiger partial charge on any atom is -0.395 e. The Labute approximate surface area is 64.4 Å². The van der Waals surface area contributed by atoms with Gasteiger partial charge in [0.05, 0.1) is 6.61 Å². The summed E-state index contributed by atoms with van der Waals surface area (Å²) in [5, 5.41) is 8.19. The van der Waals surface area contributed by atoms with Crippen molar-refractivity contribution in [3.05, 3.63) is 12.7 Å². The zero-order valence-corrected chi connectivity index (χ0v) is 6.50. The van der Waals surface area contributed by atoms with Crippen LogP contribution in [0.3, 0.4) is 0 Å². The first kappa shape index (κ1) is 10.1. The monoisotopic (exact) mass is 180 g/mol. The highest BCUT2D eigenvalue weighted by Gasteiger charge is 2.13. The van der Waals surface area contributed by atoms with E-state index in [2.05, 4.69) is 10.8 Å². The topological polar surface area (TPSA) is 80.7 Å². The minimum atomic E-state index is -3.91. The van der Waals surface area contributed by atoms with E-state index in [0.717, 1.165) is 6.08 Å². The van der Waals surface area contributed by atoms with E-state index in [1.54, 1.807) is 0 Å². The highest BCUT2D eigenvalue weighted by atomic mass is 32.2. The first-order chi connectivity index (χ1) is 5.02. The molecule has 0 fully saturated rings. The molecule has 0 saturated heterocycles. The third-order valence-electron chi connectivity index (χ3n) is 0.717. The van der Waals surface area contributed by atoms with E-state index in [0.29, 0.717) is 0 Å². The molecule has 11 heavy (non-hydrogen) atoms. The normalized spacial score (nSPS) is 10.6. The molecule has 0 rings (SSSR count). The smallest absolute Gasteiger partial charge is 0.345 e. The largest absolute Gasteiger partial charge is 0.395 e. The summed E-state index contributed by atoms with van der Waals surface area (Å²) in [5.41, 5.74) is 0. The van der Waals surface area contributed by atoms with Crippen molar-refractivity contribution in [2.45, 2.75) is 0 Å². The summed E-state index contributed by atoms with van der Waals surface area (Å²) >= 11 is 0. The van der Waals surface area contributed by atoms with Gasteiger partial charge in [-0.05, 0) is 0 Å². The summed E-state index contributed by atoms with van der Waals surface area (Å²) in [7, 11) is -3.91. The van der Waals surface area contributed by atoms with Crippen LogP contribution in [0.4, 0.5) is 0 Å². The van der Waals surface area contributed by atoms with Crippen LogP contribution in [0.2, 0.25) is 0 Å². The number of hydrogen-bond acceptors (Lipinski definition) is 5. The van der Waals surface area contributed by atoms with Gasteiger partial charge >= 0.3 is 16.1 Å². The molecule has 0 bridgehead atoms. The molecule has 0 aliphatic heterocycles. The summed E-state index contributed by atoms with van der Waals surface area (Å²) in [4.78, 5) is 10.3. The van der Waals surface area contributed by atoms with Gasteiger partial charge in [0.2, 0.25) is 0 Å². The van der Waals surface area contributed by atoms with Crippen LogP contribution in [0.1, 0.15) is 0 Å². The lowest BCUT2D eigenvalue weighted by Gasteiger charge is -1.99. The van der Waals surface area contributed by atoms with Crippen LogP contribution >= 0.6 is 0 Å². The number of hydrogen-bond donors (Lipinski definition) is 1. The van der Waals surface area contributed by atoms with Crippen LogP contribution < -0.4 is 0 Å². The Hall–Kier alpha value is -0.880. The Balaban J connectivity index is 4.13. The second kappa shape index (κ2) is 4.09. The van der Waals surface area contributed by atoms with Gasteiger partial charge in [-0.25, -0.2) is 4.79 Å². The molecule has 0 aromatic rings.